The number of aliphatic hydroxyl groups excluding tert-OH is 2. The minimum absolute atomic E-state index is 0.163. The molecule has 166 valence electrons. The van der Waals surface area contributed by atoms with E-state index in [2.05, 4.69) is 6.92 Å². The second-order valence-corrected chi connectivity index (χ2v) is 8.12. The van der Waals surface area contributed by atoms with E-state index in [1.807, 2.05) is 11.9 Å². The Labute approximate surface area is 175 Å². The number of likely N-dealkylation sites (N-methyl/N-ethyl adjacent to an activating group) is 1. The average molecular weight is 408 g/mol. The van der Waals surface area contributed by atoms with E-state index in [0.717, 1.165) is 5.88 Å². The normalized spacial score (nSPS) is 10.9. The fourth-order valence-corrected chi connectivity index (χ4v) is 3.28. The zero-order chi connectivity index (χ0) is 20.4. The van der Waals surface area contributed by atoms with E-state index in [1.54, 1.807) is 0 Å². The standard InChI is InChI=1S/C18H37Cl.C5H13NO2/c1-2-3-4-5-6-7-8-9-10-11-12-13-14-15-16-17-18-19;1-6(2-4-7)3-5-8/h2-18H2,1H3;7-8H,2-5H2,1H3. The summed E-state index contributed by atoms with van der Waals surface area (Å²) in [6.07, 6.45) is 22.8. The number of hydrogen-bond acceptors (Lipinski definition) is 3. The Hall–Kier alpha value is 0.170. The van der Waals surface area contributed by atoms with Crippen molar-refractivity contribution in [3.05, 3.63) is 0 Å². The van der Waals surface area contributed by atoms with E-state index in [9.17, 15) is 0 Å². The van der Waals surface area contributed by atoms with Crippen molar-refractivity contribution in [2.24, 2.45) is 0 Å². The van der Waals surface area contributed by atoms with Crippen LogP contribution < -0.4 is 0 Å². The Kier molecular flexibility index (Phi) is 30.9. The van der Waals surface area contributed by atoms with Gasteiger partial charge in [-0.1, -0.05) is 103 Å². The Balaban J connectivity index is 0. The van der Waals surface area contributed by atoms with Crippen molar-refractivity contribution in [1.82, 2.24) is 4.90 Å². The van der Waals surface area contributed by atoms with Crippen molar-refractivity contribution < 1.29 is 10.2 Å². The van der Waals surface area contributed by atoms with Gasteiger partial charge >= 0.3 is 0 Å². The maximum atomic E-state index is 8.34. The van der Waals surface area contributed by atoms with Crippen LogP contribution in [0.2, 0.25) is 0 Å². The number of rotatable bonds is 20. The van der Waals surface area contributed by atoms with Crippen molar-refractivity contribution in [3.63, 3.8) is 0 Å². The molecule has 0 aliphatic heterocycles. The number of aliphatic hydroxyl groups is 2. The number of unbranched alkanes of at least 4 members (excludes halogenated alkanes) is 15. The fraction of sp³-hybridized carbons (Fsp3) is 1.00. The number of nitrogens with zero attached hydrogens (tertiary/aromatic N) is 1. The second-order valence-electron chi connectivity index (χ2n) is 7.74. The first-order valence-corrected chi connectivity index (χ1v) is 12.2. The predicted octanol–water partition coefficient (Wildman–Crippen LogP) is 6.39. The van der Waals surface area contributed by atoms with Crippen LogP contribution in [0.15, 0.2) is 0 Å². The average Bonchev–Trinajstić information content (AvgIpc) is 2.66. The monoisotopic (exact) mass is 407 g/mol. The van der Waals surface area contributed by atoms with Crippen LogP contribution >= 0.6 is 11.6 Å². The molecule has 0 heterocycles. The van der Waals surface area contributed by atoms with Gasteiger partial charge in [-0.05, 0) is 13.5 Å². The lowest BCUT2D eigenvalue weighted by Gasteiger charge is -2.11. The predicted molar refractivity (Wildman–Crippen MR) is 122 cm³/mol. The molecule has 0 saturated carbocycles. The first kappa shape index (κ1) is 29.4. The van der Waals surface area contributed by atoms with Gasteiger partial charge < -0.3 is 15.1 Å². The van der Waals surface area contributed by atoms with E-state index in [0.29, 0.717) is 13.1 Å². The van der Waals surface area contributed by atoms with Crippen molar-refractivity contribution in [2.75, 3.05) is 39.2 Å². The summed E-state index contributed by atoms with van der Waals surface area (Å²) in [4.78, 5) is 1.86. The van der Waals surface area contributed by atoms with Crippen LogP contribution in [0.3, 0.4) is 0 Å². The molecule has 0 aromatic rings. The molecule has 0 atom stereocenters. The van der Waals surface area contributed by atoms with E-state index in [4.69, 9.17) is 21.8 Å². The first-order valence-electron chi connectivity index (χ1n) is 11.7. The molecule has 0 aromatic heterocycles. The Morgan fingerprint density at radius 1 is 0.556 bits per heavy atom. The third-order valence-electron chi connectivity index (χ3n) is 4.95. The highest BCUT2D eigenvalue weighted by Crippen LogP contribution is 2.13. The highest BCUT2D eigenvalue weighted by Gasteiger charge is 1.94. The summed E-state index contributed by atoms with van der Waals surface area (Å²) in [5.74, 6) is 0.846. The quantitative estimate of drug-likeness (QED) is 0.181. The van der Waals surface area contributed by atoms with Crippen LogP contribution in [0.1, 0.15) is 110 Å². The van der Waals surface area contributed by atoms with Crippen molar-refractivity contribution in [1.29, 1.82) is 0 Å². The van der Waals surface area contributed by atoms with Crippen LogP contribution in [-0.4, -0.2) is 54.3 Å². The van der Waals surface area contributed by atoms with E-state index < -0.39 is 0 Å². The van der Waals surface area contributed by atoms with E-state index in [-0.39, 0.29) is 13.2 Å². The Morgan fingerprint density at radius 2 is 0.852 bits per heavy atom. The lowest BCUT2D eigenvalue weighted by molar-refractivity contribution is 0.184. The number of halogens is 1. The molecule has 2 N–H and O–H groups in total. The summed E-state index contributed by atoms with van der Waals surface area (Å²) in [7, 11) is 1.85. The maximum Gasteiger partial charge on any atom is 0.0558 e. The molecule has 0 aliphatic rings. The molecule has 0 amide bonds. The Morgan fingerprint density at radius 3 is 1.11 bits per heavy atom. The van der Waals surface area contributed by atoms with Gasteiger partial charge in [-0.15, -0.1) is 11.6 Å². The van der Waals surface area contributed by atoms with Gasteiger partial charge in [0.25, 0.3) is 0 Å². The number of hydrogen-bond donors (Lipinski definition) is 2. The molecule has 4 heteroatoms. The fourth-order valence-electron chi connectivity index (χ4n) is 3.10. The second kappa shape index (κ2) is 28.4. The molecule has 0 fully saturated rings. The van der Waals surface area contributed by atoms with Gasteiger partial charge in [0.05, 0.1) is 13.2 Å². The van der Waals surface area contributed by atoms with Gasteiger partial charge in [-0.2, -0.15) is 0 Å². The highest BCUT2D eigenvalue weighted by atomic mass is 35.5. The minimum atomic E-state index is 0.163. The summed E-state index contributed by atoms with van der Waals surface area (Å²) >= 11 is 5.66. The molecule has 0 rings (SSSR count). The van der Waals surface area contributed by atoms with Crippen LogP contribution in [0.5, 0.6) is 0 Å². The summed E-state index contributed by atoms with van der Waals surface area (Å²) in [6.45, 7) is 3.89. The molecule has 0 aliphatic carbocycles. The van der Waals surface area contributed by atoms with Gasteiger partial charge in [-0.3, -0.25) is 0 Å². The Bertz CT molecular complexity index is 220. The van der Waals surface area contributed by atoms with E-state index >= 15 is 0 Å². The molecule has 0 spiro atoms. The molecule has 0 saturated heterocycles. The third kappa shape index (κ3) is 31.1. The molecule has 0 radical (unpaired) electrons. The third-order valence-corrected chi connectivity index (χ3v) is 5.22. The van der Waals surface area contributed by atoms with Gasteiger partial charge in [0.1, 0.15) is 0 Å². The van der Waals surface area contributed by atoms with Gasteiger partial charge in [0.15, 0.2) is 0 Å². The summed E-state index contributed by atoms with van der Waals surface area (Å²) in [5, 5.41) is 16.7. The van der Waals surface area contributed by atoms with Crippen molar-refractivity contribution in [3.8, 4) is 0 Å². The van der Waals surface area contributed by atoms with Crippen LogP contribution in [0, 0.1) is 0 Å². The van der Waals surface area contributed by atoms with Crippen molar-refractivity contribution in [2.45, 2.75) is 110 Å². The first-order chi connectivity index (χ1) is 13.2. The molecular formula is C23H50ClNO2. The topological polar surface area (TPSA) is 43.7 Å². The molecule has 0 unspecified atom stereocenters. The van der Waals surface area contributed by atoms with Gasteiger partial charge in [-0.25, -0.2) is 0 Å². The smallest absolute Gasteiger partial charge is 0.0558 e. The SMILES string of the molecule is CCCCCCCCCCCCCCCCCCCl.CN(CCO)CCO. The largest absolute Gasteiger partial charge is 0.395 e. The molecule has 0 bridgehead atoms. The molecule has 0 aromatic carbocycles. The maximum absolute atomic E-state index is 8.34. The molecule has 3 nitrogen and oxygen atoms in total. The lowest BCUT2D eigenvalue weighted by atomic mass is 10.0. The van der Waals surface area contributed by atoms with Gasteiger partial charge in [0.2, 0.25) is 0 Å². The van der Waals surface area contributed by atoms with Gasteiger partial charge in [0, 0.05) is 19.0 Å². The zero-order valence-corrected chi connectivity index (χ0v) is 19.3. The molecule has 27 heavy (non-hydrogen) atoms. The van der Waals surface area contributed by atoms with Crippen LogP contribution in [-0.2, 0) is 0 Å². The molecular weight excluding hydrogens is 358 g/mol. The lowest BCUT2D eigenvalue weighted by Crippen LogP contribution is -2.25. The van der Waals surface area contributed by atoms with Crippen molar-refractivity contribution >= 4 is 11.6 Å². The number of alkyl halides is 1. The summed E-state index contributed by atoms with van der Waals surface area (Å²) in [5.41, 5.74) is 0. The summed E-state index contributed by atoms with van der Waals surface area (Å²) < 4.78 is 0. The van der Waals surface area contributed by atoms with E-state index in [1.165, 1.54) is 103 Å². The summed E-state index contributed by atoms with van der Waals surface area (Å²) in [6, 6.07) is 0. The van der Waals surface area contributed by atoms with Crippen LogP contribution in [0.4, 0.5) is 0 Å². The zero-order valence-electron chi connectivity index (χ0n) is 18.6. The van der Waals surface area contributed by atoms with Crippen LogP contribution in [0.25, 0.3) is 0 Å². The highest BCUT2D eigenvalue weighted by molar-refractivity contribution is 6.17. The minimum Gasteiger partial charge on any atom is -0.395 e.